The van der Waals surface area contributed by atoms with Gasteiger partial charge in [0.25, 0.3) is 5.56 Å². The molecule has 18 heavy (non-hydrogen) atoms. The first-order chi connectivity index (χ1) is 8.38. The Balaban J connectivity index is 2.33. The molecule has 1 unspecified atom stereocenters. The fourth-order valence-electron chi connectivity index (χ4n) is 2.04. The monoisotopic (exact) mass is 280 g/mol. The number of halogens is 4. The van der Waals surface area contributed by atoms with Crippen LogP contribution < -0.4 is 10.9 Å². The molecule has 0 spiro atoms. The van der Waals surface area contributed by atoms with Crippen molar-refractivity contribution >= 4 is 11.6 Å². The summed E-state index contributed by atoms with van der Waals surface area (Å²) in [6.45, 7) is 1.79. The summed E-state index contributed by atoms with van der Waals surface area (Å²) in [5.41, 5.74) is -1.46. The maximum absolute atomic E-state index is 12.6. The Labute approximate surface area is 107 Å². The van der Waals surface area contributed by atoms with Gasteiger partial charge in [0.1, 0.15) is 5.02 Å². The third kappa shape index (κ3) is 2.87. The summed E-state index contributed by atoms with van der Waals surface area (Å²) in [7, 11) is 0. The number of alkyl halides is 3. The minimum Gasteiger partial charge on any atom is -0.316 e. The van der Waals surface area contributed by atoms with Crippen molar-refractivity contribution in [3.8, 4) is 0 Å². The molecule has 1 aromatic rings. The lowest BCUT2D eigenvalue weighted by Gasteiger charge is -2.14. The van der Waals surface area contributed by atoms with Crippen LogP contribution in [0.3, 0.4) is 0 Å². The first-order valence-electron chi connectivity index (χ1n) is 5.56. The molecular weight excluding hydrogens is 269 g/mol. The van der Waals surface area contributed by atoms with Gasteiger partial charge in [0.2, 0.25) is 0 Å². The zero-order valence-corrected chi connectivity index (χ0v) is 10.2. The maximum Gasteiger partial charge on any atom is 0.417 e. The number of pyridine rings is 1. The molecule has 0 amide bonds. The second-order valence-electron chi connectivity index (χ2n) is 4.39. The predicted molar refractivity (Wildman–Crippen MR) is 61.7 cm³/mol. The van der Waals surface area contributed by atoms with Crippen molar-refractivity contribution in [1.82, 2.24) is 9.88 Å². The van der Waals surface area contributed by atoms with E-state index < -0.39 is 22.3 Å². The van der Waals surface area contributed by atoms with Crippen LogP contribution in [0.25, 0.3) is 0 Å². The highest BCUT2D eigenvalue weighted by Crippen LogP contribution is 2.29. The van der Waals surface area contributed by atoms with Crippen molar-refractivity contribution in [2.24, 2.45) is 5.92 Å². The summed E-state index contributed by atoms with van der Waals surface area (Å²) in [5.74, 6) is 0.169. The molecule has 100 valence electrons. The van der Waals surface area contributed by atoms with Gasteiger partial charge in [-0.05, 0) is 31.5 Å². The van der Waals surface area contributed by atoms with E-state index in [2.05, 4.69) is 5.32 Å². The van der Waals surface area contributed by atoms with Crippen LogP contribution in [-0.4, -0.2) is 17.7 Å². The fourth-order valence-corrected chi connectivity index (χ4v) is 2.26. The Kier molecular flexibility index (Phi) is 3.68. The second kappa shape index (κ2) is 4.93. The topological polar surface area (TPSA) is 34.0 Å². The molecule has 0 aliphatic carbocycles. The van der Waals surface area contributed by atoms with Crippen molar-refractivity contribution in [2.45, 2.75) is 19.1 Å². The van der Waals surface area contributed by atoms with Crippen LogP contribution in [-0.2, 0) is 12.7 Å². The highest BCUT2D eigenvalue weighted by molar-refractivity contribution is 6.30. The summed E-state index contributed by atoms with van der Waals surface area (Å²) >= 11 is 5.56. The molecule has 1 N–H and O–H groups in total. The number of nitrogens with zero attached hydrogens (tertiary/aromatic N) is 1. The molecule has 7 heteroatoms. The fraction of sp³-hybridized carbons (Fsp3) is 0.545. The lowest BCUT2D eigenvalue weighted by atomic mass is 10.1. The van der Waals surface area contributed by atoms with E-state index in [4.69, 9.17) is 11.6 Å². The predicted octanol–water partition coefficient (Wildman–Crippen LogP) is 2.13. The molecule has 1 aromatic heterocycles. The summed E-state index contributed by atoms with van der Waals surface area (Å²) in [4.78, 5) is 11.7. The lowest BCUT2D eigenvalue weighted by Crippen LogP contribution is -2.26. The van der Waals surface area contributed by atoms with Gasteiger partial charge in [0, 0.05) is 12.7 Å². The molecule has 0 radical (unpaired) electrons. The van der Waals surface area contributed by atoms with Crippen molar-refractivity contribution in [3.05, 3.63) is 33.2 Å². The molecule has 0 aromatic carbocycles. The molecule has 0 bridgehead atoms. The van der Waals surface area contributed by atoms with Gasteiger partial charge in [0.05, 0.1) is 5.56 Å². The number of hydrogen-bond acceptors (Lipinski definition) is 2. The van der Waals surface area contributed by atoms with E-state index >= 15 is 0 Å². The molecule has 0 saturated carbocycles. The standard InChI is InChI=1S/C11H12ClF3N2O/c12-9-3-8(11(13,14)15)6-17(10(9)18)5-7-1-2-16-4-7/h3,6-7,16H,1-2,4-5H2. The largest absolute Gasteiger partial charge is 0.417 e. The van der Waals surface area contributed by atoms with Gasteiger partial charge in [-0.2, -0.15) is 13.2 Å². The van der Waals surface area contributed by atoms with Crippen molar-refractivity contribution in [2.75, 3.05) is 13.1 Å². The molecule has 1 fully saturated rings. The minimum absolute atomic E-state index is 0.169. The van der Waals surface area contributed by atoms with E-state index in [9.17, 15) is 18.0 Å². The molecule has 1 atom stereocenters. The molecule has 2 rings (SSSR count). The zero-order chi connectivity index (χ0) is 13.3. The molecule has 1 aliphatic rings. The van der Waals surface area contributed by atoms with Gasteiger partial charge < -0.3 is 9.88 Å². The average Bonchev–Trinajstić information content (AvgIpc) is 2.75. The zero-order valence-electron chi connectivity index (χ0n) is 9.43. The van der Waals surface area contributed by atoms with Gasteiger partial charge in [-0.25, -0.2) is 0 Å². The molecule has 3 nitrogen and oxygen atoms in total. The molecule has 2 heterocycles. The highest BCUT2D eigenvalue weighted by atomic mass is 35.5. The van der Waals surface area contributed by atoms with E-state index in [1.54, 1.807) is 0 Å². The Hall–Kier alpha value is -1.01. The summed E-state index contributed by atoms with van der Waals surface area (Å²) in [5, 5.41) is 2.71. The van der Waals surface area contributed by atoms with Crippen LogP contribution in [0, 0.1) is 5.92 Å². The van der Waals surface area contributed by atoms with Crippen LogP contribution in [0.1, 0.15) is 12.0 Å². The Morgan fingerprint density at radius 2 is 2.22 bits per heavy atom. The van der Waals surface area contributed by atoms with E-state index in [0.717, 1.165) is 23.7 Å². The first-order valence-corrected chi connectivity index (χ1v) is 5.93. The van der Waals surface area contributed by atoms with Gasteiger partial charge in [-0.3, -0.25) is 4.79 Å². The van der Waals surface area contributed by atoms with Gasteiger partial charge in [-0.15, -0.1) is 0 Å². The average molecular weight is 281 g/mol. The van der Waals surface area contributed by atoms with Crippen molar-refractivity contribution < 1.29 is 13.2 Å². The van der Waals surface area contributed by atoms with E-state index in [1.807, 2.05) is 0 Å². The number of aromatic nitrogens is 1. The van der Waals surface area contributed by atoms with Crippen molar-refractivity contribution in [3.63, 3.8) is 0 Å². The Morgan fingerprint density at radius 1 is 1.50 bits per heavy atom. The third-order valence-corrected chi connectivity index (χ3v) is 3.26. The van der Waals surface area contributed by atoms with Gasteiger partial charge in [-0.1, -0.05) is 11.6 Å². The van der Waals surface area contributed by atoms with Crippen LogP contribution >= 0.6 is 11.6 Å². The summed E-state index contributed by atoms with van der Waals surface area (Å²) < 4.78 is 38.9. The first kappa shape index (κ1) is 13.4. The minimum atomic E-state index is -4.49. The number of hydrogen-bond donors (Lipinski definition) is 1. The second-order valence-corrected chi connectivity index (χ2v) is 4.80. The number of nitrogens with one attached hydrogen (secondary N) is 1. The Morgan fingerprint density at radius 3 is 2.78 bits per heavy atom. The highest BCUT2D eigenvalue weighted by Gasteiger charge is 2.32. The SMILES string of the molecule is O=c1c(Cl)cc(C(F)(F)F)cn1CC1CCNC1. The summed E-state index contributed by atoms with van der Waals surface area (Å²) in [6.07, 6.45) is -2.81. The molecule has 1 saturated heterocycles. The van der Waals surface area contributed by atoms with Crippen LogP contribution in [0.5, 0.6) is 0 Å². The van der Waals surface area contributed by atoms with Crippen LogP contribution in [0.15, 0.2) is 17.1 Å². The van der Waals surface area contributed by atoms with Crippen molar-refractivity contribution in [1.29, 1.82) is 0 Å². The smallest absolute Gasteiger partial charge is 0.316 e. The van der Waals surface area contributed by atoms with E-state index in [1.165, 1.54) is 0 Å². The molecule has 1 aliphatic heterocycles. The van der Waals surface area contributed by atoms with Crippen LogP contribution in [0.4, 0.5) is 13.2 Å². The summed E-state index contributed by atoms with van der Waals surface area (Å²) in [6, 6.07) is 0.674. The third-order valence-electron chi connectivity index (χ3n) is 2.99. The van der Waals surface area contributed by atoms with Gasteiger partial charge >= 0.3 is 6.18 Å². The maximum atomic E-state index is 12.6. The Bertz CT molecular complexity index is 492. The number of rotatable bonds is 2. The molecular formula is C11H12ClF3N2O. The van der Waals surface area contributed by atoms with E-state index in [0.29, 0.717) is 12.6 Å². The quantitative estimate of drug-likeness (QED) is 0.900. The van der Waals surface area contributed by atoms with E-state index in [-0.39, 0.29) is 12.5 Å². The van der Waals surface area contributed by atoms with Crippen LogP contribution in [0.2, 0.25) is 5.02 Å². The normalized spacial score (nSPS) is 20.3. The van der Waals surface area contributed by atoms with Gasteiger partial charge in [0.15, 0.2) is 0 Å². The lowest BCUT2D eigenvalue weighted by molar-refractivity contribution is -0.138.